The van der Waals surface area contributed by atoms with Crippen LogP contribution in [0.4, 0.5) is 0 Å². The van der Waals surface area contributed by atoms with Gasteiger partial charge in [0.1, 0.15) is 30.5 Å². The normalized spacial score (nSPS) is 13.5. The smallest absolute Gasteiger partial charge is 0.305 e. The van der Waals surface area contributed by atoms with E-state index in [0.717, 1.165) is 0 Å². The van der Waals surface area contributed by atoms with E-state index in [-0.39, 0.29) is 38.1 Å². The van der Waals surface area contributed by atoms with Crippen LogP contribution in [-0.4, -0.2) is 117 Å². The Bertz CT molecular complexity index is 1800. The molecule has 330 valence electrons. The van der Waals surface area contributed by atoms with Gasteiger partial charge in [-0.05, 0) is 42.2 Å². The predicted molar refractivity (Wildman–Crippen MR) is 215 cm³/mol. The van der Waals surface area contributed by atoms with Gasteiger partial charge in [0.25, 0.3) is 5.91 Å². The number of aliphatic carboxylic acids is 3. The fourth-order valence-corrected chi connectivity index (χ4v) is 5.91. The summed E-state index contributed by atoms with van der Waals surface area (Å²) in [6.45, 7) is 9.77. The Morgan fingerprint density at radius 2 is 1.38 bits per heavy atom. The number of carboxylic acids is 3. The topological polar surface area (TPSA) is 309 Å². The number of nitrogens with one attached hydrogen (secondary N) is 4. The molecule has 0 radical (unpaired) electrons. The molecule has 1 rings (SSSR count). The first kappa shape index (κ1) is 51.9. The fraction of sp³-hybridized carbons (Fsp3) is 0.561. The minimum Gasteiger partial charge on any atom is -0.481 e. The van der Waals surface area contributed by atoms with Crippen molar-refractivity contribution in [3.63, 3.8) is 0 Å². The average Bonchev–Trinajstić information content (AvgIpc) is 3.14. The Balaban J connectivity index is 3.88. The van der Waals surface area contributed by atoms with Crippen LogP contribution >= 0.6 is 0 Å². The number of aryl methyl sites for hydroxylation is 1. The molecule has 0 unspecified atom stereocenters. The van der Waals surface area contributed by atoms with Crippen LogP contribution in [0.5, 0.6) is 0 Å². The van der Waals surface area contributed by atoms with E-state index in [1.807, 2.05) is 0 Å². The van der Waals surface area contributed by atoms with Crippen molar-refractivity contribution in [1.82, 2.24) is 26.2 Å². The highest BCUT2D eigenvalue weighted by Crippen LogP contribution is 2.28. The second-order valence-electron chi connectivity index (χ2n) is 15.6. The number of hydrogen-bond donors (Lipinski definition) is 8. The molecule has 60 heavy (non-hydrogen) atoms. The molecule has 5 atom stereocenters. The molecule has 19 nitrogen and oxygen atoms in total. The molecule has 6 amide bonds. The zero-order valence-electron chi connectivity index (χ0n) is 34.9. The monoisotopic (exact) mass is 842 g/mol. The van der Waals surface area contributed by atoms with Crippen molar-refractivity contribution in [2.75, 3.05) is 6.54 Å². The minimum absolute atomic E-state index is 0.108. The second-order valence-corrected chi connectivity index (χ2v) is 15.6. The lowest BCUT2D eigenvalue weighted by atomic mass is 9.83. The summed E-state index contributed by atoms with van der Waals surface area (Å²) in [5.74, 6) is -4.96. The predicted octanol–water partition coefficient (Wildman–Crippen LogP) is 0.438. The number of carboxylic acid groups (broad SMARTS) is 3. The summed E-state index contributed by atoms with van der Waals surface area (Å²) in [4.78, 5) is 129. The summed E-state index contributed by atoms with van der Waals surface area (Å²) < 4.78 is 0. The largest absolute Gasteiger partial charge is 0.481 e. The molecule has 0 aliphatic heterocycles. The van der Waals surface area contributed by atoms with Gasteiger partial charge in [-0.15, -0.1) is 5.92 Å². The Morgan fingerprint density at radius 1 is 0.783 bits per heavy atom. The van der Waals surface area contributed by atoms with E-state index in [2.05, 4.69) is 33.1 Å². The lowest BCUT2D eigenvalue weighted by molar-refractivity contribution is -0.159. The van der Waals surface area contributed by atoms with Crippen LogP contribution in [-0.2, 0) is 54.4 Å². The molecule has 0 aliphatic carbocycles. The van der Waals surface area contributed by atoms with Gasteiger partial charge >= 0.3 is 17.9 Å². The molecule has 1 aromatic carbocycles. The zero-order valence-corrected chi connectivity index (χ0v) is 34.9. The lowest BCUT2D eigenvalue weighted by Gasteiger charge is -2.40. The summed E-state index contributed by atoms with van der Waals surface area (Å²) in [7, 11) is 0. The van der Waals surface area contributed by atoms with Gasteiger partial charge in [0.2, 0.25) is 29.5 Å². The SMILES string of the molecule is Cc1ccccc1C[C@H](NC(=O)[C@H](CCC(=O)O)NC(=O)[C@@H](N)CC(=O)O)C(=O)N(C(=O)CCC(=O)O)[C@H](C(=O)N[C@@H](CC(C)C)C(=O)NCC#CCCC=O)C(C)(C)C. The van der Waals surface area contributed by atoms with Crippen LogP contribution in [0.3, 0.4) is 0 Å². The number of nitrogens with two attached hydrogens (primary N) is 1. The summed E-state index contributed by atoms with van der Waals surface area (Å²) in [5, 5.41) is 37.9. The fourth-order valence-electron chi connectivity index (χ4n) is 5.91. The summed E-state index contributed by atoms with van der Waals surface area (Å²) in [5.41, 5.74) is 5.52. The van der Waals surface area contributed by atoms with Gasteiger partial charge in [0, 0.05) is 32.1 Å². The lowest BCUT2D eigenvalue weighted by Crippen LogP contribution is -2.64. The highest BCUT2D eigenvalue weighted by molar-refractivity contribution is 6.05. The molecule has 0 bridgehead atoms. The first-order valence-electron chi connectivity index (χ1n) is 19.4. The standard InChI is InChI=1S/C41H58N6O13/c1-24(2)21-29(37(57)43-19-11-7-8-12-20-48)45-39(59)35(41(4,5)6)47(31(49)16-18-33(52)53)40(60)30(22-26-14-10-9-13-25(26)3)46-38(58)28(15-17-32(50)51)44-36(56)27(42)23-34(54)55/h9-10,13-14,20,24,27-30,35H,8,12,15-19,21-23,42H2,1-6H3,(H,43,57)(H,44,56)(H,45,59)(H,46,58)(H,50,51)(H,52,53)(H,54,55)/t27-,28-,29-,30-,35+/m0/s1. The summed E-state index contributed by atoms with van der Waals surface area (Å²) in [6, 6.07) is -1.26. The highest BCUT2D eigenvalue weighted by atomic mass is 16.4. The number of unbranched alkanes of at least 4 members (excludes halogenated alkanes) is 1. The van der Waals surface area contributed by atoms with E-state index in [9.17, 15) is 58.2 Å². The maximum atomic E-state index is 14.9. The third kappa shape index (κ3) is 18.6. The second kappa shape index (κ2) is 25.4. The molecule has 19 heteroatoms. The maximum Gasteiger partial charge on any atom is 0.305 e. The zero-order chi connectivity index (χ0) is 45.7. The molecule has 0 fully saturated rings. The van der Waals surface area contributed by atoms with Gasteiger partial charge in [0.05, 0.1) is 25.4 Å². The van der Waals surface area contributed by atoms with Crippen LogP contribution in [0.1, 0.15) is 97.1 Å². The van der Waals surface area contributed by atoms with Gasteiger partial charge in [-0.3, -0.25) is 48.1 Å². The minimum atomic E-state index is -1.72. The highest BCUT2D eigenvalue weighted by Gasteiger charge is 2.46. The van der Waals surface area contributed by atoms with Crippen molar-refractivity contribution in [1.29, 1.82) is 0 Å². The van der Waals surface area contributed by atoms with Crippen molar-refractivity contribution in [2.45, 2.75) is 130 Å². The van der Waals surface area contributed by atoms with Crippen molar-refractivity contribution < 1.29 is 63.3 Å². The maximum absolute atomic E-state index is 14.9. The number of imide groups is 1. The number of hydrogen-bond acceptors (Lipinski definition) is 11. The van der Waals surface area contributed by atoms with Crippen molar-refractivity contribution in [3.8, 4) is 11.8 Å². The number of carbonyl (C=O) groups excluding carboxylic acids is 7. The van der Waals surface area contributed by atoms with E-state index in [0.29, 0.717) is 22.3 Å². The Kier molecular flexibility index (Phi) is 21.9. The van der Waals surface area contributed by atoms with Gasteiger partial charge in [-0.25, -0.2) is 0 Å². The molecule has 1 aromatic rings. The molecule has 0 aromatic heterocycles. The number of aldehydes is 1. The Hall–Kier alpha value is -6.16. The molecule has 0 heterocycles. The van der Waals surface area contributed by atoms with Gasteiger partial charge in [-0.1, -0.05) is 64.8 Å². The quantitative estimate of drug-likeness (QED) is 0.0398. The van der Waals surface area contributed by atoms with Crippen LogP contribution in [0.15, 0.2) is 24.3 Å². The number of nitrogens with zero attached hydrogens (tertiary/aromatic N) is 1. The summed E-state index contributed by atoms with van der Waals surface area (Å²) in [6.07, 6.45) is -2.54. The molecule has 0 saturated heterocycles. The first-order valence-corrected chi connectivity index (χ1v) is 19.4. The average molecular weight is 843 g/mol. The third-order valence-electron chi connectivity index (χ3n) is 8.90. The molecule has 9 N–H and O–H groups in total. The van der Waals surface area contributed by atoms with E-state index >= 15 is 0 Å². The number of carbonyl (C=O) groups is 10. The third-order valence-corrected chi connectivity index (χ3v) is 8.90. The van der Waals surface area contributed by atoms with Gasteiger partial charge in [0.15, 0.2) is 0 Å². The van der Waals surface area contributed by atoms with Gasteiger partial charge in [-0.2, -0.15) is 0 Å². The molecular formula is C41H58N6O13. The van der Waals surface area contributed by atoms with E-state index in [1.165, 1.54) is 20.8 Å². The van der Waals surface area contributed by atoms with Crippen molar-refractivity contribution in [3.05, 3.63) is 35.4 Å². The molecule has 0 saturated carbocycles. The molecular weight excluding hydrogens is 784 g/mol. The van der Waals surface area contributed by atoms with E-state index < -0.39 is 121 Å². The van der Waals surface area contributed by atoms with Crippen LogP contribution in [0.25, 0.3) is 0 Å². The van der Waals surface area contributed by atoms with E-state index in [4.69, 9.17) is 10.8 Å². The van der Waals surface area contributed by atoms with Crippen molar-refractivity contribution in [2.24, 2.45) is 17.1 Å². The molecule has 0 aliphatic rings. The number of rotatable bonds is 24. The molecule has 0 spiro atoms. The van der Waals surface area contributed by atoms with Gasteiger partial charge < -0.3 is 47.1 Å². The first-order chi connectivity index (χ1) is 28.0. The van der Waals surface area contributed by atoms with Crippen LogP contribution in [0, 0.1) is 30.1 Å². The number of amides is 6. The Labute approximate surface area is 349 Å². The summed E-state index contributed by atoms with van der Waals surface area (Å²) >= 11 is 0. The van der Waals surface area contributed by atoms with Crippen LogP contribution in [0.2, 0.25) is 0 Å². The van der Waals surface area contributed by atoms with Crippen molar-refractivity contribution >= 4 is 59.6 Å². The van der Waals surface area contributed by atoms with Crippen LogP contribution < -0.4 is 27.0 Å². The Morgan fingerprint density at radius 3 is 1.93 bits per heavy atom. The number of benzene rings is 1. The van der Waals surface area contributed by atoms with E-state index in [1.54, 1.807) is 45.0 Å².